The van der Waals surface area contributed by atoms with Crippen molar-refractivity contribution in [2.75, 3.05) is 13.2 Å². The molecule has 0 aliphatic rings. The minimum atomic E-state index is -0.0806. The Hall–Kier alpha value is -0.610. The predicted molar refractivity (Wildman–Crippen MR) is 56.4 cm³/mol. The van der Waals surface area contributed by atoms with Crippen LogP contribution in [0.3, 0.4) is 0 Å². The van der Waals surface area contributed by atoms with Gasteiger partial charge in [0.05, 0.1) is 6.61 Å². The molecule has 4 heteroatoms. The molecule has 0 spiro atoms. The fraction of sp³-hybridized carbons (Fsp3) is 0.900. The van der Waals surface area contributed by atoms with Gasteiger partial charge in [-0.2, -0.15) is 0 Å². The molecule has 0 saturated carbocycles. The highest BCUT2D eigenvalue weighted by Gasteiger charge is 2.13. The van der Waals surface area contributed by atoms with Crippen LogP contribution in [0.4, 0.5) is 0 Å². The largest absolute Gasteiger partial charge is 0.330 e. The van der Waals surface area contributed by atoms with E-state index in [-0.39, 0.29) is 11.8 Å². The summed E-state index contributed by atoms with van der Waals surface area (Å²) in [5.41, 5.74) is 7.95. The van der Waals surface area contributed by atoms with Crippen LogP contribution < -0.4 is 11.2 Å². The van der Waals surface area contributed by atoms with Gasteiger partial charge < -0.3 is 5.73 Å². The number of rotatable bonds is 7. The lowest BCUT2D eigenvalue weighted by molar-refractivity contribution is -0.134. The molecular weight excluding hydrogens is 180 g/mol. The summed E-state index contributed by atoms with van der Waals surface area (Å²) in [5.74, 6) is 0.752. The summed E-state index contributed by atoms with van der Waals surface area (Å²) >= 11 is 0. The third-order valence-electron chi connectivity index (χ3n) is 1.94. The smallest absolute Gasteiger partial charge is 0.243 e. The first-order valence-electron chi connectivity index (χ1n) is 5.20. The van der Waals surface area contributed by atoms with Crippen molar-refractivity contribution >= 4 is 5.91 Å². The van der Waals surface area contributed by atoms with Crippen molar-refractivity contribution in [1.29, 1.82) is 0 Å². The van der Waals surface area contributed by atoms with Gasteiger partial charge in [-0.1, -0.05) is 13.8 Å². The maximum atomic E-state index is 11.3. The Kier molecular flexibility index (Phi) is 7.42. The molecule has 1 atom stereocenters. The monoisotopic (exact) mass is 202 g/mol. The molecule has 0 saturated heterocycles. The van der Waals surface area contributed by atoms with Crippen molar-refractivity contribution in [2.45, 2.75) is 33.6 Å². The van der Waals surface area contributed by atoms with Crippen LogP contribution in [0.2, 0.25) is 0 Å². The highest BCUT2D eigenvalue weighted by molar-refractivity contribution is 5.75. The number of hydrogen-bond donors (Lipinski definition) is 2. The van der Waals surface area contributed by atoms with Crippen LogP contribution in [-0.4, -0.2) is 19.1 Å². The van der Waals surface area contributed by atoms with Crippen LogP contribution in [0.5, 0.6) is 0 Å². The van der Waals surface area contributed by atoms with E-state index < -0.39 is 0 Å². The van der Waals surface area contributed by atoms with E-state index in [4.69, 9.17) is 10.6 Å². The SMILES string of the molecule is CCONC(=O)C[C@@H](CN)CC(C)C. The summed E-state index contributed by atoms with van der Waals surface area (Å²) in [4.78, 5) is 16.1. The normalized spacial score (nSPS) is 12.9. The molecule has 0 aliphatic heterocycles. The molecule has 0 aromatic carbocycles. The van der Waals surface area contributed by atoms with Crippen molar-refractivity contribution in [3.05, 3.63) is 0 Å². The first kappa shape index (κ1) is 13.4. The zero-order valence-electron chi connectivity index (χ0n) is 9.38. The lowest BCUT2D eigenvalue weighted by atomic mass is 9.94. The molecule has 0 aromatic heterocycles. The van der Waals surface area contributed by atoms with Crippen LogP contribution in [0.25, 0.3) is 0 Å². The molecule has 0 aliphatic carbocycles. The molecule has 4 nitrogen and oxygen atoms in total. The first-order valence-corrected chi connectivity index (χ1v) is 5.20. The van der Waals surface area contributed by atoms with E-state index in [0.29, 0.717) is 25.5 Å². The Bertz CT molecular complexity index is 160. The van der Waals surface area contributed by atoms with Crippen molar-refractivity contribution in [3.8, 4) is 0 Å². The molecule has 0 unspecified atom stereocenters. The van der Waals surface area contributed by atoms with Gasteiger partial charge in [0.1, 0.15) is 0 Å². The molecule has 0 fully saturated rings. The minimum absolute atomic E-state index is 0.0806. The van der Waals surface area contributed by atoms with E-state index in [0.717, 1.165) is 6.42 Å². The maximum Gasteiger partial charge on any atom is 0.243 e. The fourth-order valence-electron chi connectivity index (χ4n) is 1.39. The summed E-state index contributed by atoms with van der Waals surface area (Å²) in [7, 11) is 0. The lowest BCUT2D eigenvalue weighted by Gasteiger charge is -2.16. The van der Waals surface area contributed by atoms with Gasteiger partial charge >= 0.3 is 0 Å². The van der Waals surface area contributed by atoms with Gasteiger partial charge in [-0.05, 0) is 31.7 Å². The van der Waals surface area contributed by atoms with Crippen LogP contribution in [-0.2, 0) is 9.63 Å². The Morgan fingerprint density at radius 3 is 2.57 bits per heavy atom. The van der Waals surface area contributed by atoms with Gasteiger partial charge in [0, 0.05) is 6.42 Å². The molecule has 0 aromatic rings. The topological polar surface area (TPSA) is 64.3 Å². The lowest BCUT2D eigenvalue weighted by Crippen LogP contribution is -2.29. The van der Waals surface area contributed by atoms with Gasteiger partial charge in [0.25, 0.3) is 0 Å². The standard InChI is InChI=1S/C10H22N2O2/c1-4-14-12-10(13)6-9(7-11)5-8(2)3/h8-9H,4-7,11H2,1-3H3,(H,12,13)/t9-/m0/s1. The van der Waals surface area contributed by atoms with Crippen molar-refractivity contribution in [3.63, 3.8) is 0 Å². The van der Waals surface area contributed by atoms with Gasteiger partial charge in [0.2, 0.25) is 5.91 Å². The van der Waals surface area contributed by atoms with Crippen LogP contribution in [0.15, 0.2) is 0 Å². The summed E-state index contributed by atoms with van der Waals surface area (Å²) in [6, 6.07) is 0. The van der Waals surface area contributed by atoms with Crippen molar-refractivity contribution < 1.29 is 9.63 Å². The number of hydroxylamine groups is 1. The molecule has 0 heterocycles. The van der Waals surface area contributed by atoms with Crippen LogP contribution in [0, 0.1) is 11.8 Å². The number of hydrogen-bond acceptors (Lipinski definition) is 3. The third-order valence-corrected chi connectivity index (χ3v) is 1.94. The third kappa shape index (κ3) is 6.86. The minimum Gasteiger partial charge on any atom is -0.330 e. The Balaban J connectivity index is 3.74. The van der Waals surface area contributed by atoms with Gasteiger partial charge in [-0.3, -0.25) is 9.63 Å². The zero-order valence-corrected chi connectivity index (χ0v) is 9.38. The summed E-state index contributed by atoms with van der Waals surface area (Å²) in [5, 5.41) is 0. The van der Waals surface area contributed by atoms with Gasteiger partial charge in [-0.25, -0.2) is 5.48 Å². The van der Waals surface area contributed by atoms with E-state index in [9.17, 15) is 4.79 Å². The highest BCUT2D eigenvalue weighted by Crippen LogP contribution is 2.13. The molecule has 84 valence electrons. The van der Waals surface area contributed by atoms with Crippen LogP contribution >= 0.6 is 0 Å². The van der Waals surface area contributed by atoms with Gasteiger partial charge in [0.15, 0.2) is 0 Å². The average Bonchev–Trinajstić information content (AvgIpc) is 2.12. The highest BCUT2D eigenvalue weighted by atomic mass is 16.6. The second-order valence-corrected chi connectivity index (χ2v) is 3.89. The molecule has 14 heavy (non-hydrogen) atoms. The Morgan fingerprint density at radius 2 is 2.14 bits per heavy atom. The molecule has 0 bridgehead atoms. The predicted octanol–water partition coefficient (Wildman–Crippen LogP) is 1.07. The van der Waals surface area contributed by atoms with E-state index in [1.165, 1.54) is 0 Å². The first-order chi connectivity index (χ1) is 6.60. The zero-order chi connectivity index (χ0) is 11.0. The number of amides is 1. The molecule has 0 rings (SSSR count). The Labute approximate surface area is 86.1 Å². The van der Waals surface area contributed by atoms with Gasteiger partial charge in [-0.15, -0.1) is 0 Å². The Morgan fingerprint density at radius 1 is 1.50 bits per heavy atom. The van der Waals surface area contributed by atoms with Crippen molar-refractivity contribution in [2.24, 2.45) is 17.6 Å². The maximum absolute atomic E-state index is 11.3. The molecule has 3 N–H and O–H groups in total. The van der Waals surface area contributed by atoms with Crippen molar-refractivity contribution in [1.82, 2.24) is 5.48 Å². The molecule has 1 amide bonds. The number of carbonyl (C=O) groups excluding carboxylic acids is 1. The van der Waals surface area contributed by atoms with Crippen LogP contribution in [0.1, 0.15) is 33.6 Å². The van der Waals surface area contributed by atoms with E-state index in [2.05, 4.69) is 19.3 Å². The molecular formula is C10H22N2O2. The quantitative estimate of drug-likeness (QED) is 0.607. The number of carbonyl (C=O) groups is 1. The number of nitrogens with two attached hydrogens (primary N) is 1. The van der Waals surface area contributed by atoms with E-state index in [1.807, 2.05) is 6.92 Å². The second kappa shape index (κ2) is 7.76. The fourth-order valence-corrected chi connectivity index (χ4v) is 1.39. The molecule has 0 radical (unpaired) electrons. The number of nitrogens with one attached hydrogen (secondary N) is 1. The summed E-state index contributed by atoms with van der Waals surface area (Å²) in [6.45, 7) is 7.13. The van der Waals surface area contributed by atoms with E-state index >= 15 is 0 Å². The summed E-state index contributed by atoms with van der Waals surface area (Å²) in [6.07, 6.45) is 1.44. The second-order valence-electron chi connectivity index (χ2n) is 3.89. The average molecular weight is 202 g/mol. The van der Waals surface area contributed by atoms with E-state index in [1.54, 1.807) is 0 Å². The summed E-state index contributed by atoms with van der Waals surface area (Å²) < 4.78 is 0.